The van der Waals surface area contributed by atoms with Crippen LogP contribution in [0.3, 0.4) is 0 Å². The smallest absolute Gasteiger partial charge is 0.358 e. The van der Waals surface area contributed by atoms with Gasteiger partial charge in [-0.25, -0.2) is 4.79 Å². The number of rotatable bonds is 1. The van der Waals surface area contributed by atoms with Crippen molar-refractivity contribution in [3.63, 3.8) is 0 Å². The first-order chi connectivity index (χ1) is 7.68. The van der Waals surface area contributed by atoms with Gasteiger partial charge < -0.3 is 19.8 Å². The third-order valence-corrected chi connectivity index (χ3v) is 2.70. The molecule has 16 heavy (non-hydrogen) atoms. The van der Waals surface area contributed by atoms with Crippen LogP contribution in [0.2, 0.25) is 0 Å². The summed E-state index contributed by atoms with van der Waals surface area (Å²) in [4.78, 5) is 10.9. The lowest BCUT2D eigenvalue weighted by molar-refractivity contribution is 0.0684. The number of carbonyl (C=O) groups is 1. The number of fused-ring (bicyclic) bond motifs is 3. The Morgan fingerprint density at radius 1 is 1.62 bits per heavy atom. The molecule has 3 rings (SSSR count). The average Bonchev–Trinajstić information content (AvgIpc) is 2.80. The monoisotopic (exact) mass is 220 g/mol. The van der Waals surface area contributed by atoms with E-state index in [0.29, 0.717) is 23.5 Å². The molecule has 6 heteroatoms. The fourth-order valence-corrected chi connectivity index (χ4v) is 1.99. The molecule has 0 aliphatic heterocycles. The number of aromatic nitrogens is 1. The van der Waals surface area contributed by atoms with E-state index < -0.39 is 12.0 Å². The van der Waals surface area contributed by atoms with Gasteiger partial charge in [-0.3, -0.25) is 0 Å². The van der Waals surface area contributed by atoms with E-state index in [4.69, 9.17) is 19.8 Å². The van der Waals surface area contributed by atoms with Crippen LogP contribution in [0.15, 0.2) is 21.3 Å². The van der Waals surface area contributed by atoms with E-state index in [-0.39, 0.29) is 5.69 Å². The normalized spacial score (nSPS) is 17.9. The molecule has 6 nitrogen and oxygen atoms in total. The summed E-state index contributed by atoms with van der Waals surface area (Å²) >= 11 is 0. The summed E-state index contributed by atoms with van der Waals surface area (Å²) in [5, 5.41) is 12.5. The summed E-state index contributed by atoms with van der Waals surface area (Å²) in [7, 11) is 0. The molecule has 1 aliphatic rings. The number of carboxylic acid groups (broad SMARTS) is 1. The summed E-state index contributed by atoms with van der Waals surface area (Å²) in [6.45, 7) is 0. The molecule has 82 valence electrons. The Balaban J connectivity index is 2.27. The molecule has 0 saturated carbocycles. The Morgan fingerprint density at radius 3 is 3.19 bits per heavy atom. The largest absolute Gasteiger partial charge is 0.476 e. The number of hydrogen-bond donors (Lipinski definition) is 2. The Morgan fingerprint density at radius 2 is 2.44 bits per heavy atom. The molecule has 0 spiro atoms. The number of furan rings is 1. The molecule has 0 bridgehead atoms. The highest BCUT2D eigenvalue weighted by Gasteiger charge is 2.33. The number of hydrogen-bond acceptors (Lipinski definition) is 5. The molecule has 0 radical (unpaired) electrons. The van der Waals surface area contributed by atoms with Crippen LogP contribution < -0.4 is 5.73 Å². The van der Waals surface area contributed by atoms with Gasteiger partial charge in [-0.05, 0) is 6.07 Å². The minimum Gasteiger partial charge on any atom is -0.476 e. The summed E-state index contributed by atoms with van der Waals surface area (Å²) in [5.74, 6) is -0.0274. The molecular formula is C10H8N2O4. The summed E-state index contributed by atoms with van der Waals surface area (Å²) in [5.41, 5.74) is 6.94. The predicted octanol–water partition coefficient (Wildman–Crippen LogP) is 1.19. The first kappa shape index (κ1) is 9.17. The van der Waals surface area contributed by atoms with Crippen molar-refractivity contribution in [2.75, 3.05) is 0 Å². The van der Waals surface area contributed by atoms with E-state index >= 15 is 0 Å². The lowest BCUT2D eigenvalue weighted by Gasteiger charge is -2.15. The van der Waals surface area contributed by atoms with Crippen molar-refractivity contribution in [1.82, 2.24) is 5.16 Å². The van der Waals surface area contributed by atoms with Gasteiger partial charge in [0.1, 0.15) is 5.76 Å². The topological polar surface area (TPSA) is 102 Å². The minimum absolute atomic E-state index is 0.116. The zero-order valence-corrected chi connectivity index (χ0v) is 8.14. The number of carboxylic acids is 1. The molecule has 2 aromatic rings. The Bertz CT molecular complexity index is 569. The van der Waals surface area contributed by atoms with Gasteiger partial charge in [0.25, 0.3) is 0 Å². The van der Waals surface area contributed by atoms with Crippen LogP contribution in [0.4, 0.5) is 0 Å². The number of nitrogens with two attached hydrogens (primary N) is 1. The third kappa shape index (κ3) is 1.04. The predicted molar refractivity (Wildman–Crippen MR) is 51.8 cm³/mol. The van der Waals surface area contributed by atoms with Crippen molar-refractivity contribution in [3.8, 4) is 11.3 Å². The first-order valence-corrected chi connectivity index (χ1v) is 4.73. The zero-order valence-electron chi connectivity index (χ0n) is 8.14. The number of aromatic carboxylic acids is 1. The van der Waals surface area contributed by atoms with Crippen molar-refractivity contribution < 1.29 is 18.8 Å². The zero-order chi connectivity index (χ0) is 11.3. The molecule has 1 atom stereocenters. The minimum atomic E-state index is -1.13. The quantitative estimate of drug-likeness (QED) is 0.748. The highest BCUT2D eigenvalue weighted by molar-refractivity contribution is 5.90. The van der Waals surface area contributed by atoms with Gasteiger partial charge in [-0.15, -0.1) is 0 Å². The Kier molecular flexibility index (Phi) is 1.69. The van der Waals surface area contributed by atoms with Crippen molar-refractivity contribution in [2.24, 2.45) is 5.73 Å². The average molecular weight is 220 g/mol. The van der Waals surface area contributed by atoms with Gasteiger partial charge in [0, 0.05) is 12.5 Å². The first-order valence-electron chi connectivity index (χ1n) is 4.73. The molecular weight excluding hydrogens is 212 g/mol. The second kappa shape index (κ2) is 2.96. The van der Waals surface area contributed by atoms with E-state index in [1.807, 2.05) is 0 Å². The standard InChI is InChI=1S/C10H8N2O4/c11-5-3-6-4(1-2-15-6)9-7(5)8(10(13)14)12-16-9/h1-2,5H,3,11H2,(H,13,14). The Labute approximate surface area is 89.6 Å². The SMILES string of the molecule is NC1Cc2occc2-c2onc(C(=O)O)c21. The van der Waals surface area contributed by atoms with Crippen LogP contribution in [0.5, 0.6) is 0 Å². The van der Waals surface area contributed by atoms with Crippen molar-refractivity contribution in [1.29, 1.82) is 0 Å². The maximum absolute atomic E-state index is 10.9. The van der Waals surface area contributed by atoms with Crippen LogP contribution in [0.25, 0.3) is 11.3 Å². The van der Waals surface area contributed by atoms with Crippen molar-refractivity contribution in [2.45, 2.75) is 12.5 Å². The molecule has 2 heterocycles. The van der Waals surface area contributed by atoms with E-state index in [1.165, 1.54) is 6.26 Å². The third-order valence-electron chi connectivity index (χ3n) is 2.70. The molecule has 1 aliphatic carbocycles. The summed E-state index contributed by atoms with van der Waals surface area (Å²) in [6.07, 6.45) is 1.98. The van der Waals surface area contributed by atoms with Gasteiger partial charge in [-0.2, -0.15) is 0 Å². The van der Waals surface area contributed by atoms with Crippen LogP contribution in [0.1, 0.15) is 27.9 Å². The summed E-state index contributed by atoms with van der Waals surface area (Å²) < 4.78 is 10.3. The molecule has 0 saturated heterocycles. The van der Waals surface area contributed by atoms with Gasteiger partial charge in [0.2, 0.25) is 0 Å². The molecule has 2 aromatic heterocycles. The van der Waals surface area contributed by atoms with Crippen molar-refractivity contribution >= 4 is 5.97 Å². The van der Waals surface area contributed by atoms with Gasteiger partial charge >= 0.3 is 5.97 Å². The van der Waals surface area contributed by atoms with E-state index in [2.05, 4.69) is 5.16 Å². The molecule has 3 N–H and O–H groups in total. The maximum Gasteiger partial charge on any atom is 0.358 e. The van der Waals surface area contributed by atoms with Crippen LogP contribution in [0, 0.1) is 0 Å². The van der Waals surface area contributed by atoms with E-state index in [0.717, 1.165) is 5.56 Å². The molecule has 1 unspecified atom stereocenters. The van der Waals surface area contributed by atoms with Crippen LogP contribution in [-0.4, -0.2) is 16.2 Å². The summed E-state index contributed by atoms with van der Waals surface area (Å²) in [6, 6.07) is 1.27. The second-order valence-corrected chi connectivity index (χ2v) is 3.65. The fraction of sp³-hybridized carbons (Fsp3) is 0.200. The van der Waals surface area contributed by atoms with Crippen molar-refractivity contribution in [3.05, 3.63) is 29.3 Å². The molecule has 0 aromatic carbocycles. The molecule has 0 fully saturated rings. The number of nitrogens with zero attached hydrogens (tertiary/aromatic N) is 1. The van der Waals surface area contributed by atoms with Crippen LogP contribution in [-0.2, 0) is 6.42 Å². The fourth-order valence-electron chi connectivity index (χ4n) is 1.99. The Hall–Kier alpha value is -2.08. The maximum atomic E-state index is 10.9. The highest BCUT2D eigenvalue weighted by atomic mass is 16.5. The lowest BCUT2D eigenvalue weighted by atomic mass is 9.91. The van der Waals surface area contributed by atoms with Gasteiger partial charge in [0.05, 0.1) is 17.4 Å². The molecule has 0 amide bonds. The van der Waals surface area contributed by atoms with Gasteiger partial charge in [-0.1, -0.05) is 5.16 Å². The van der Waals surface area contributed by atoms with E-state index in [1.54, 1.807) is 6.07 Å². The second-order valence-electron chi connectivity index (χ2n) is 3.65. The van der Waals surface area contributed by atoms with E-state index in [9.17, 15) is 4.79 Å². The lowest BCUT2D eigenvalue weighted by Crippen LogP contribution is -2.19. The van der Waals surface area contributed by atoms with Crippen LogP contribution >= 0.6 is 0 Å². The van der Waals surface area contributed by atoms with Gasteiger partial charge in [0.15, 0.2) is 11.5 Å². The highest BCUT2D eigenvalue weighted by Crippen LogP contribution is 2.39.